The van der Waals surface area contributed by atoms with E-state index in [0.29, 0.717) is 22.0 Å². The van der Waals surface area contributed by atoms with Gasteiger partial charge < -0.3 is 10.2 Å². The lowest BCUT2D eigenvalue weighted by Gasteiger charge is -2.25. The van der Waals surface area contributed by atoms with Crippen LogP contribution >= 0.6 is 11.3 Å². The first-order chi connectivity index (χ1) is 13.2. The molecule has 1 aromatic carbocycles. The number of halogens is 1. The van der Waals surface area contributed by atoms with Gasteiger partial charge in [0.2, 0.25) is 16.0 Å². The van der Waals surface area contributed by atoms with E-state index in [1.165, 1.54) is 42.7 Å². The van der Waals surface area contributed by atoms with E-state index in [4.69, 9.17) is 5.10 Å². The number of hydrogen-bond donors (Lipinski definition) is 1. The molecule has 5 rings (SSSR count). The van der Waals surface area contributed by atoms with Crippen molar-refractivity contribution in [3.8, 4) is 11.3 Å². The second kappa shape index (κ2) is 6.60. The number of aromatic nitrogens is 3. The number of benzene rings is 1. The van der Waals surface area contributed by atoms with Crippen LogP contribution in [-0.4, -0.2) is 33.6 Å². The van der Waals surface area contributed by atoms with Crippen molar-refractivity contribution in [2.24, 2.45) is 5.92 Å². The maximum absolute atomic E-state index is 13.7. The van der Waals surface area contributed by atoms with Crippen LogP contribution in [0.3, 0.4) is 0 Å². The number of imidazole rings is 1. The third-order valence-corrected chi connectivity index (χ3v) is 6.08. The molecule has 140 valence electrons. The zero-order chi connectivity index (χ0) is 18.4. The minimum atomic E-state index is -0.328. The molecule has 0 atom stereocenters. The number of carbonyl (C=O) groups is 1. The molecular formula is C19H20FN5OS. The lowest BCUT2D eigenvalue weighted by Crippen LogP contribution is -2.29. The van der Waals surface area contributed by atoms with Crippen molar-refractivity contribution in [1.82, 2.24) is 14.6 Å². The van der Waals surface area contributed by atoms with Crippen LogP contribution in [0, 0.1) is 11.7 Å². The number of nitrogens with one attached hydrogen (secondary N) is 1. The first-order valence-electron chi connectivity index (χ1n) is 9.40. The Kier molecular flexibility index (Phi) is 4.07. The van der Waals surface area contributed by atoms with Crippen LogP contribution in [-0.2, 0) is 4.79 Å². The fourth-order valence-corrected chi connectivity index (χ4v) is 4.42. The summed E-state index contributed by atoms with van der Waals surface area (Å²) in [5.74, 6) is 0.260. The molecule has 6 nitrogen and oxygen atoms in total. The standard InChI is InChI=1S/C19H20FN5OS/c20-14-6-4-5-13(11-14)15-16(22-17(26)12-7-8-12)25-18(21-15)27-19(23-25)24-9-2-1-3-10-24/h4-6,11-12H,1-3,7-10H2,(H,22,26). The van der Waals surface area contributed by atoms with E-state index in [0.717, 1.165) is 31.1 Å². The average molecular weight is 385 g/mol. The largest absolute Gasteiger partial charge is 0.347 e. The molecule has 1 N–H and O–H groups in total. The smallest absolute Gasteiger partial charge is 0.228 e. The van der Waals surface area contributed by atoms with Gasteiger partial charge in [0.05, 0.1) is 0 Å². The molecule has 1 aliphatic heterocycles. The van der Waals surface area contributed by atoms with E-state index in [-0.39, 0.29) is 17.6 Å². The monoisotopic (exact) mass is 385 g/mol. The molecule has 27 heavy (non-hydrogen) atoms. The first kappa shape index (κ1) is 16.7. The van der Waals surface area contributed by atoms with Crippen LogP contribution in [0.2, 0.25) is 0 Å². The molecule has 0 radical (unpaired) electrons. The molecule has 1 saturated heterocycles. The molecule has 0 bridgehead atoms. The molecule has 0 spiro atoms. The van der Waals surface area contributed by atoms with Crippen molar-refractivity contribution in [2.45, 2.75) is 32.1 Å². The fraction of sp³-hybridized carbons (Fsp3) is 0.421. The van der Waals surface area contributed by atoms with Gasteiger partial charge in [-0.1, -0.05) is 23.5 Å². The second-order valence-electron chi connectivity index (χ2n) is 7.21. The molecule has 2 fully saturated rings. The van der Waals surface area contributed by atoms with E-state index in [2.05, 4.69) is 15.2 Å². The summed E-state index contributed by atoms with van der Waals surface area (Å²) in [6.45, 7) is 1.99. The molecule has 1 aliphatic carbocycles. The van der Waals surface area contributed by atoms with Gasteiger partial charge in [-0.3, -0.25) is 4.79 Å². The quantitative estimate of drug-likeness (QED) is 0.739. The van der Waals surface area contributed by atoms with E-state index in [1.807, 2.05) is 0 Å². The molecule has 8 heteroatoms. The van der Waals surface area contributed by atoms with Gasteiger partial charge in [-0.2, -0.15) is 4.52 Å². The van der Waals surface area contributed by atoms with Gasteiger partial charge in [0.1, 0.15) is 11.5 Å². The van der Waals surface area contributed by atoms with Crippen LogP contribution in [0.25, 0.3) is 16.2 Å². The number of piperidine rings is 1. The van der Waals surface area contributed by atoms with E-state index >= 15 is 0 Å². The number of rotatable bonds is 4. The molecule has 2 aromatic heterocycles. The lowest BCUT2D eigenvalue weighted by atomic mass is 10.1. The molecule has 3 aromatic rings. The van der Waals surface area contributed by atoms with Crippen LogP contribution in [0.15, 0.2) is 24.3 Å². The highest BCUT2D eigenvalue weighted by molar-refractivity contribution is 7.20. The SMILES string of the molecule is O=C(Nc1c(-c2cccc(F)c2)nc2sc(N3CCCCC3)nn12)C1CC1. The Morgan fingerprint density at radius 1 is 1.22 bits per heavy atom. The van der Waals surface area contributed by atoms with Crippen LogP contribution in [0.1, 0.15) is 32.1 Å². The van der Waals surface area contributed by atoms with Crippen LogP contribution in [0.5, 0.6) is 0 Å². The van der Waals surface area contributed by atoms with Crippen molar-refractivity contribution in [2.75, 3.05) is 23.3 Å². The topological polar surface area (TPSA) is 62.5 Å². The summed E-state index contributed by atoms with van der Waals surface area (Å²) in [6.07, 6.45) is 5.42. The number of anilines is 2. The number of hydrogen-bond acceptors (Lipinski definition) is 5. The van der Waals surface area contributed by atoms with E-state index in [1.54, 1.807) is 16.6 Å². The minimum Gasteiger partial charge on any atom is -0.347 e. The Morgan fingerprint density at radius 2 is 2.04 bits per heavy atom. The van der Waals surface area contributed by atoms with E-state index < -0.39 is 0 Å². The van der Waals surface area contributed by atoms with Gasteiger partial charge in [-0.05, 0) is 44.2 Å². The van der Waals surface area contributed by atoms with E-state index in [9.17, 15) is 9.18 Å². The Labute approximate surface area is 160 Å². The maximum Gasteiger partial charge on any atom is 0.228 e. The van der Waals surface area contributed by atoms with Crippen LogP contribution < -0.4 is 10.2 Å². The van der Waals surface area contributed by atoms with Gasteiger partial charge >= 0.3 is 0 Å². The summed E-state index contributed by atoms with van der Waals surface area (Å²) >= 11 is 1.51. The Hall–Kier alpha value is -2.48. The van der Waals surface area contributed by atoms with Crippen molar-refractivity contribution in [3.63, 3.8) is 0 Å². The normalized spacial score (nSPS) is 17.4. The van der Waals surface area contributed by atoms with Crippen molar-refractivity contribution in [3.05, 3.63) is 30.1 Å². The number of nitrogens with zero attached hydrogens (tertiary/aromatic N) is 4. The van der Waals surface area contributed by atoms with Gasteiger partial charge in [0.15, 0.2) is 5.82 Å². The molecular weight excluding hydrogens is 365 g/mol. The fourth-order valence-electron chi connectivity index (χ4n) is 3.46. The van der Waals surface area contributed by atoms with Gasteiger partial charge in [0.25, 0.3) is 0 Å². The molecule has 1 amide bonds. The highest BCUT2D eigenvalue weighted by atomic mass is 32.1. The predicted molar refractivity (Wildman–Crippen MR) is 104 cm³/mol. The molecule has 3 heterocycles. The van der Waals surface area contributed by atoms with Gasteiger partial charge in [-0.25, -0.2) is 9.37 Å². The summed E-state index contributed by atoms with van der Waals surface area (Å²) in [5.41, 5.74) is 1.20. The third-order valence-electron chi connectivity index (χ3n) is 5.11. The Bertz CT molecular complexity index is 1000. The van der Waals surface area contributed by atoms with Gasteiger partial charge in [-0.15, -0.1) is 5.10 Å². The molecule has 2 aliphatic rings. The zero-order valence-corrected chi connectivity index (χ0v) is 15.6. The molecule has 1 saturated carbocycles. The van der Waals surface area contributed by atoms with Crippen molar-refractivity contribution >= 4 is 33.2 Å². The molecule has 0 unspecified atom stereocenters. The summed E-state index contributed by atoms with van der Waals surface area (Å²) in [6, 6.07) is 6.28. The zero-order valence-electron chi connectivity index (χ0n) is 14.8. The number of amides is 1. The predicted octanol–water partition coefficient (Wildman–Crippen LogP) is 3.94. The Balaban J connectivity index is 1.58. The van der Waals surface area contributed by atoms with Crippen LogP contribution in [0.4, 0.5) is 15.3 Å². The first-order valence-corrected chi connectivity index (χ1v) is 10.2. The average Bonchev–Trinajstić information content (AvgIpc) is 3.37. The summed E-state index contributed by atoms with van der Waals surface area (Å²) in [7, 11) is 0. The van der Waals surface area contributed by atoms with Crippen molar-refractivity contribution in [1.29, 1.82) is 0 Å². The number of fused-ring (bicyclic) bond motifs is 1. The second-order valence-corrected chi connectivity index (χ2v) is 8.14. The minimum absolute atomic E-state index is 0.0121. The summed E-state index contributed by atoms with van der Waals surface area (Å²) < 4.78 is 15.4. The van der Waals surface area contributed by atoms with Crippen molar-refractivity contribution < 1.29 is 9.18 Å². The number of carbonyl (C=O) groups excluding carboxylic acids is 1. The van der Waals surface area contributed by atoms with Gasteiger partial charge in [0, 0.05) is 24.6 Å². The summed E-state index contributed by atoms with van der Waals surface area (Å²) in [4.78, 5) is 20.1. The lowest BCUT2D eigenvalue weighted by molar-refractivity contribution is -0.117. The summed E-state index contributed by atoms with van der Waals surface area (Å²) in [5, 5.41) is 8.64. The highest BCUT2D eigenvalue weighted by Crippen LogP contribution is 2.36. The maximum atomic E-state index is 13.7. The highest BCUT2D eigenvalue weighted by Gasteiger charge is 2.32. The Morgan fingerprint density at radius 3 is 2.78 bits per heavy atom. The third kappa shape index (κ3) is 3.18.